The topological polar surface area (TPSA) is 81.5 Å². The number of nitro groups is 1. The molecular weight excluding hydrogens is 292 g/mol. The average Bonchev–Trinajstić information content (AvgIpc) is 2.76. The highest BCUT2D eigenvalue weighted by Gasteiger charge is 2.18. The normalized spacial score (nSPS) is 10.2. The van der Waals surface area contributed by atoms with Gasteiger partial charge in [0.15, 0.2) is 5.75 Å². The van der Waals surface area contributed by atoms with E-state index in [0.717, 1.165) is 10.4 Å². The van der Waals surface area contributed by atoms with Crippen LogP contribution in [0.3, 0.4) is 0 Å². The molecule has 1 N–H and O–H groups in total. The number of anilines is 1. The van der Waals surface area contributed by atoms with Crippen molar-refractivity contribution in [3.63, 3.8) is 0 Å². The van der Waals surface area contributed by atoms with Gasteiger partial charge in [-0.05, 0) is 37.6 Å². The summed E-state index contributed by atoms with van der Waals surface area (Å²) >= 11 is 1.46. The molecule has 0 bridgehead atoms. The predicted octanol–water partition coefficient (Wildman–Crippen LogP) is 3.53. The smallest absolute Gasteiger partial charge is 0.311 e. The van der Waals surface area contributed by atoms with Crippen LogP contribution in [0.2, 0.25) is 0 Å². The van der Waals surface area contributed by atoms with Crippen molar-refractivity contribution >= 4 is 27.9 Å². The van der Waals surface area contributed by atoms with Crippen LogP contribution in [0.1, 0.15) is 20.8 Å². The molecule has 0 saturated heterocycles. The fourth-order valence-electron chi connectivity index (χ4n) is 1.79. The third-order valence-corrected chi connectivity index (χ3v) is 4.11. The molecule has 2 aromatic rings. The number of hydrogen-bond acceptors (Lipinski definition) is 5. The van der Waals surface area contributed by atoms with Gasteiger partial charge in [-0.3, -0.25) is 14.9 Å². The Hall–Kier alpha value is -2.41. The van der Waals surface area contributed by atoms with Crippen LogP contribution in [-0.4, -0.2) is 17.9 Å². The van der Waals surface area contributed by atoms with E-state index in [9.17, 15) is 14.9 Å². The van der Waals surface area contributed by atoms with E-state index in [-0.39, 0.29) is 22.9 Å². The molecule has 21 heavy (non-hydrogen) atoms. The Morgan fingerprint density at radius 1 is 1.33 bits per heavy atom. The fourth-order valence-corrected chi connectivity index (χ4v) is 2.72. The number of carbonyl (C=O) groups is 1. The number of carbonyl (C=O) groups excluding carboxylic acids is 1. The summed E-state index contributed by atoms with van der Waals surface area (Å²) in [6.07, 6.45) is 0. The summed E-state index contributed by atoms with van der Waals surface area (Å²) in [5, 5.41) is 14.4. The zero-order valence-corrected chi connectivity index (χ0v) is 12.6. The highest BCUT2D eigenvalue weighted by atomic mass is 32.1. The van der Waals surface area contributed by atoms with Crippen LogP contribution in [0.4, 0.5) is 10.7 Å². The number of nitro benzene ring substituents is 1. The number of aryl methyl sites for hydroxylation is 2. The first-order valence-electron chi connectivity index (χ1n) is 6.13. The maximum absolute atomic E-state index is 12.1. The molecule has 1 aromatic heterocycles. The lowest BCUT2D eigenvalue weighted by atomic mass is 10.1. The van der Waals surface area contributed by atoms with Crippen molar-refractivity contribution < 1.29 is 14.5 Å². The molecule has 0 aliphatic rings. The number of rotatable bonds is 4. The zero-order chi connectivity index (χ0) is 15.6. The van der Waals surface area contributed by atoms with Crippen LogP contribution in [0.15, 0.2) is 24.3 Å². The highest BCUT2D eigenvalue weighted by molar-refractivity contribution is 7.16. The first-order chi connectivity index (χ1) is 9.92. The van der Waals surface area contributed by atoms with E-state index < -0.39 is 4.92 Å². The monoisotopic (exact) mass is 306 g/mol. The van der Waals surface area contributed by atoms with Crippen molar-refractivity contribution in [1.29, 1.82) is 0 Å². The number of benzene rings is 1. The SMILES string of the molecule is COc1ccc(C(=O)Nc2cc(C)c(C)s2)cc1[N+](=O)[O-]. The maximum Gasteiger partial charge on any atom is 0.311 e. The Bertz CT molecular complexity index is 689. The molecule has 0 saturated carbocycles. The Labute approximate surface area is 125 Å². The van der Waals surface area contributed by atoms with Crippen molar-refractivity contribution in [2.24, 2.45) is 0 Å². The second-order valence-electron chi connectivity index (χ2n) is 4.45. The molecule has 0 radical (unpaired) electrons. The van der Waals surface area contributed by atoms with Gasteiger partial charge in [0.2, 0.25) is 0 Å². The zero-order valence-electron chi connectivity index (χ0n) is 11.8. The van der Waals surface area contributed by atoms with Crippen LogP contribution >= 0.6 is 11.3 Å². The first kappa shape index (κ1) is 15.0. The third-order valence-electron chi connectivity index (χ3n) is 3.04. The van der Waals surface area contributed by atoms with Crippen molar-refractivity contribution in [1.82, 2.24) is 0 Å². The molecule has 1 amide bonds. The summed E-state index contributed by atoms with van der Waals surface area (Å²) in [5.41, 5.74) is 1.07. The lowest BCUT2D eigenvalue weighted by Gasteiger charge is -2.05. The van der Waals surface area contributed by atoms with Gasteiger partial charge in [0.05, 0.1) is 17.0 Å². The van der Waals surface area contributed by atoms with Crippen LogP contribution in [0.5, 0.6) is 5.75 Å². The summed E-state index contributed by atoms with van der Waals surface area (Å²) < 4.78 is 4.91. The number of nitrogens with one attached hydrogen (secondary N) is 1. The summed E-state index contributed by atoms with van der Waals surface area (Å²) in [6.45, 7) is 3.92. The molecule has 0 unspecified atom stereocenters. The number of methoxy groups -OCH3 is 1. The molecule has 1 aromatic carbocycles. The summed E-state index contributed by atoms with van der Waals surface area (Å²) in [4.78, 5) is 23.6. The number of ether oxygens (including phenoxy) is 1. The first-order valence-corrected chi connectivity index (χ1v) is 6.95. The van der Waals surface area contributed by atoms with Gasteiger partial charge in [0.25, 0.3) is 5.91 Å². The summed E-state index contributed by atoms with van der Waals surface area (Å²) in [5.74, 6) is -0.263. The Kier molecular flexibility index (Phi) is 4.23. The Morgan fingerprint density at radius 2 is 2.05 bits per heavy atom. The van der Waals surface area contributed by atoms with E-state index in [1.807, 2.05) is 19.9 Å². The lowest BCUT2D eigenvalue weighted by molar-refractivity contribution is -0.385. The van der Waals surface area contributed by atoms with Crippen molar-refractivity contribution in [3.8, 4) is 5.75 Å². The minimum atomic E-state index is -0.574. The molecular formula is C14H14N2O4S. The minimum Gasteiger partial charge on any atom is -0.490 e. The molecule has 0 aliphatic heterocycles. The van der Waals surface area contributed by atoms with Gasteiger partial charge in [-0.2, -0.15) is 0 Å². The Balaban J connectivity index is 2.27. The lowest BCUT2D eigenvalue weighted by Crippen LogP contribution is -2.11. The van der Waals surface area contributed by atoms with Gasteiger partial charge in [-0.15, -0.1) is 11.3 Å². The van der Waals surface area contributed by atoms with Crippen LogP contribution in [0.25, 0.3) is 0 Å². The number of nitrogens with zero attached hydrogens (tertiary/aromatic N) is 1. The van der Waals surface area contributed by atoms with Gasteiger partial charge in [0, 0.05) is 16.5 Å². The standard InChI is InChI=1S/C14H14N2O4S/c1-8-6-13(21-9(8)2)15-14(17)10-4-5-12(20-3)11(7-10)16(18)19/h4-7H,1-3H3,(H,15,17). The predicted molar refractivity (Wildman–Crippen MR) is 81.4 cm³/mol. The molecule has 1 heterocycles. The van der Waals surface area contributed by atoms with Crippen LogP contribution < -0.4 is 10.1 Å². The number of hydrogen-bond donors (Lipinski definition) is 1. The summed E-state index contributed by atoms with van der Waals surface area (Å²) in [7, 11) is 1.35. The van der Waals surface area contributed by atoms with E-state index in [0.29, 0.717) is 5.00 Å². The fraction of sp³-hybridized carbons (Fsp3) is 0.214. The summed E-state index contributed by atoms with van der Waals surface area (Å²) in [6, 6.07) is 5.99. The van der Waals surface area contributed by atoms with E-state index >= 15 is 0 Å². The minimum absolute atomic E-state index is 0.124. The Morgan fingerprint density at radius 3 is 2.57 bits per heavy atom. The average molecular weight is 306 g/mol. The maximum atomic E-state index is 12.1. The van der Waals surface area contributed by atoms with E-state index in [1.54, 1.807) is 0 Å². The van der Waals surface area contributed by atoms with Crippen LogP contribution in [0, 0.1) is 24.0 Å². The van der Waals surface area contributed by atoms with E-state index in [1.165, 1.54) is 36.6 Å². The third kappa shape index (κ3) is 3.19. The van der Waals surface area contributed by atoms with Crippen molar-refractivity contribution in [2.45, 2.75) is 13.8 Å². The van der Waals surface area contributed by atoms with Gasteiger partial charge in [-0.1, -0.05) is 0 Å². The van der Waals surface area contributed by atoms with E-state index in [4.69, 9.17) is 4.74 Å². The second-order valence-corrected chi connectivity index (χ2v) is 5.70. The van der Waals surface area contributed by atoms with Crippen molar-refractivity contribution in [2.75, 3.05) is 12.4 Å². The number of amides is 1. The van der Waals surface area contributed by atoms with E-state index in [2.05, 4.69) is 5.32 Å². The largest absolute Gasteiger partial charge is 0.490 e. The molecule has 6 nitrogen and oxygen atoms in total. The molecule has 0 spiro atoms. The van der Waals surface area contributed by atoms with Gasteiger partial charge in [-0.25, -0.2) is 0 Å². The molecule has 2 rings (SSSR count). The molecule has 0 aliphatic carbocycles. The van der Waals surface area contributed by atoms with Crippen LogP contribution in [-0.2, 0) is 0 Å². The van der Waals surface area contributed by atoms with Crippen molar-refractivity contribution in [3.05, 3.63) is 50.4 Å². The van der Waals surface area contributed by atoms with Gasteiger partial charge in [0.1, 0.15) is 0 Å². The molecule has 7 heteroatoms. The molecule has 0 atom stereocenters. The van der Waals surface area contributed by atoms with Gasteiger partial charge < -0.3 is 10.1 Å². The molecule has 110 valence electrons. The van der Waals surface area contributed by atoms with Gasteiger partial charge >= 0.3 is 5.69 Å². The quantitative estimate of drug-likeness (QED) is 0.692. The highest BCUT2D eigenvalue weighted by Crippen LogP contribution is 2.29. The molecule has 0 fully saturated rings. The second kappa shape index (κ2) is 5.92. The number of thiophene rings is 1.